The molecule has 1 heterocycles. The fraction of sp³-hybridized carbons (Fsp3) is 0.600. The molecular weight excluding hydrogens is 357 g/mol. The number of hydrogen-bond donors (Lipinski definition) is 2. The summed E-state index contributed by atoms with van der Waals surface area (Å²) in [6.07, 6.45) is 1.21. The lowest BCUT2D eigenvalue weighted by atomic mass is 9.96. The highest BCUT2D eigenvalue weighted by Crippen LogP contribution is 2.27. The van der Waals surface area contributed by atoms with Crippen LogP contribution in [0.15, 0.2) is 12.3 Å². The van der Waals surface area contributed by atoms with Crippen LogP contribution in [0.3, 0.4) is 0 Å². The number of carbonyl (C=O) groups is 3. The molecule has 2 rings (SSSR count). The first-order valence-electron chi connectivity index (χ1n) is 8.10. The van der Waals surface area contributed by atoms with E-state index < -0.39 is 42.9 Å². The normalized spacial score (nSPS) is 15.3. The summed E-state index contributed by atoms with van der Waals surface area (Å²) < 4.78 is 42.6. The first kappa shape index (κ1) is 19.7. The van der Waals surface area contributed by atoms with Gasteiger partial charge in [0.25, 0.3) is 5.91 Å². The van der Waals surface area contributed by atoms with Gasteiger partial charge in [-0.05, 0) is 18.9 Å². The summed E-state index contributed by atoms with van der Waals surface area (Å²) in [5.41, 5.74) is -1.14. The Kier molecular flexibility index (Phi) is 6.58. The molecule has 11 heteroatoms. The molecule has 8 nitrogen and oxygen atoms in total. The molecule has 0 radical (unpaired) electrons. The highest BCUT2D eigenvalue weighted by Gasteiger charge is 2.33. The smallest absolute Gasteiger partial charge is 0.435 e. The van der Waals surface area contributed by atoms with Gasteiger partial charge in [0.2, 0.25) is 0 Å². The molecule has 26 heavy (non-hydrogen) atoms. The quantitative estimate of drug-likeness (QED) is 0.760. The fourth-order valence-electron chi connectivity index (χ4n) is 2.56. The molecule has 1 aliphatic rings. The van der Waals surface area contributed by atoms with Crippen LogP contribution >= 0.6 is 0 Å². The van der Waals surface area contributed by atoms with Crippen LogP contribution in [0.1, 0.15) is 37.8 Å². The molecule has 0 atom stereocenters. The van der Waals surface area contributed by atoms with Gasteiger partial charge in [-0.1, -0.05) is 19.3 Å². The summed E-state index contributed by atoms with van der Waals surface area (Å²) in [6.45, 7) is -1.30. The highest BCUT2D eigenvalue weighted by molar-refractivity contribution is 5.95. The van der Waals surface area contributed by atoms with Crippen LogP contribution < -0.4 is 10.6 Å². The Morgan fingerprint density at radius 2 is 1.92 bits per heavy atom. The molecule has 1 fully saturated rings. The Hall–Kier alpha value is -2.59. The van der Waals surface area contributed by atoms with Crippen molar-refractivity contribution < 1.29 is 32.3 Å². The second-order valence-electron chi connectivity index (χ2n) is 5.91. The summed E-state index contributed by atoms with van der Waals surface area (Å²) in [4.78, 5) is 34.8. The number of carbonyl (C=O) groups excluding carboxylic acids is 3. The molecule has 1 aromatic rings. The number of urea groups is 1. The molecule has 1 saturated carbocycles. The second-order valence-corrected chi connectivity index (χ2v) is 5.91. The number of hydrogen-bond acceptors (Lipinski definition) is 5. The number of nitrogens with one attached hydrogen (secondary N) is 2. The van der Waals surface area contributed by atoms with Gasteiger partial charge in [0, 0.05) is 12.2 Å². The number of alkyl halides is 3. The van der Waals surface area contributed by atoms with Gasteiger partial charge in [-0.3, -0.25) is 19.6 Å². The van der Waals surface area contributed by atoms with Crippen molar-refractivity contribution >= 4 is 17.9 Å². The Balaban J connectivity index is 1.68. The zero-order valence-corrected chi connectivity index (χ0v) is 13.8. The van der Waals surface area contributed by atoms with Crippen LogP contribution in [0.4, 0.5) is 18.0 Å². The first-order valence-corrected chi connectivity index (χ1v) is 8.10. The second kappa shape index (κ2) is 8.68. The first-order chi connectivity index (χ1) is 12.2. The summed E-state index contributed by atoms with van der Waals surface area (Å²) in [7, 11) is 0. The van der Waals surface area contributed by atoms with E-state index in [2.05, 4.69) is 15.2 Å². The number of rotatable bonds is 5. The number of ether oxygens (including phenoxy) is 1. The molecular formula is C15H19F3N4O4. The van der Waals surface area contributed by atoms with Gasteiger partial charge in [0.1, 0.15) is 6.54 Å². The van der Waals surface area contributed by atoms with Gasteiger partial charge in [-0.2, -0.15) is 18.3 Å². The van der Waals surface area contributed by atoms with Crippen LogP contribution in [0.25, 0.3) is 0 Å². The topological polar surface area (TPSA) is 102 Å². The van der Waals surface area contributed by atoms with Crippen molar-refractivity contribution in [3.8, 4) is 0 Å². The van der Waals surface area contributed by atoms with Crippen molar-refractivity contribution in [2.24, 2.45) is 0 Å². The minimum atomic E-state index is -4.61. The van der Waals surface area contributed by atoms with E-state index in [1.165, 1.54) is 0 Å². The Labute approximate surface area is 147 Å². The summed E-state index contributed by atoms with van der Waals surface area (Å²) in [6, 6.07) is 0.0665. The number of nitrogens with zero attached hydrogens (tertiary/aromatic N) is 2. The summed E-state index contributed by atoms with van der Waals surface area (Å²) >= 11 is 0. The van der Waals surface area contributed by atoms with E-state index in [0.717, 1.165) is 49.0 Å². The fourth-order valence-corrected chi connectivity index (χ4v) is 2.56. The molecule has 0 bridgehead atoms. The van der Waals surface area contributed by atoms with Crippen LogP contribution in [0, 0.1) is 0 Å². The van der Waals surface area contributed by atoms with E-state index in [0.29, 0.717) is 0 Å². The third-order valence-corrected chi connectivity index (χ3v) is 3.78. The van der Waals surface area contributed by atoms with Gasteiger partial charge in [0.15, 0.2) is 12.3 Å². The van der Waals surface area contributed by atoms with Gasteiger partial charge in [-0.15, -0.1) is 0 Å². The summed E-state index contributed by atoms with van der Waals surface area (Å²) in [5, 5.41) is 7.88. The predicted molar refractivity (Wildman–Crippen MR) is 81.7 cm³/mol. The molecule has 0 aliphatic heterocycles. The monoisotopic (exact) mass is 376 g/mol. The standard InChI is InChI=1S/C15H19F3N4O4/c16-15(17,18)11-6-7-22(21-11)8-13(24)26-9-12(23)20-14(25)19-10-4-2-1-3-5-10/h6-7,10H,1-5,8-9H2,(H2,19,20,23,25). The lowest BCUT2D eigenvalue weighted by Gasteiger charge is -2.22. The molecule has 144 valence electrons. The van der Waals surface area contributed by atoms with Crippen molar-refractivity contribution in [1.29, 1.82) is 0 Å². The van der Waals surface area contributed by atoms with E-state index >= 15 is 0 Å². The lowest BCUT2D eigenvalue weighted by Crippen LogP contribution is -2.46. The van der Waals surface area contributed by atoms with Gasteiger partial charge < -0.3 is 10.1 Å². The van der Waals surface area contributed by atoms with Crippen LogP contribution in [0.5, 0.6) is 0 Å². The molecule has 1 aromatic heterocycles. The number of imide groups is 1. The van der Waals surface area contributed by atoms with Crippen molar-refractivity contribution in [3.63, 3.8) is 0 Å². The zero-order valence-electron chi connectivity index (χ0n) is 13.8. The maximum absolute atomic E-state index is 12.4. The molecule has 0 spiro atoms. The van der Waals surface area contributed by atoms with E-state index in [1.807, 2.05) is 5.32 Å². The molecule has 0 unspecified atom stereocenters. The summed E-state index contributed by atoms with van der Waals surface area (Å²) in [5.74, 6) is -1.78. The molecule has 0 saturated heterocycles. The van der Waals surface area contributed by atoms with Crippen molar-refractivity contribution in [2.75, 3.05) is 6.61 Å². The number of amides is 3. The van der Waals surface area contributed by atoms with E-state index in [1.54, 1.807) is 0 Å². The molecule has 1 aliphatic carbocycles. The number of halogens is 3. The Morgan fingerprint density at radius 1 is 1.23 bits per heavy atom. The maximum atomic E-state index is 12.4. The minimum absolute atomic E-state index is 0.0155. The third kappa shape index (κ3) is 6.37. The highest BCUT2D eigenvalue weighted by atomic mass is 19.4. The van der Waals surface area contributed by atoms with E-state index in [4.69, 9.17) is 0 Å². The lowest BCUT2D eigenvalue weighted by molar-refractivity contribution is -0.149. The SMILES string of the molecule is O=C(COC(=O)Cn1ccc(C(F)(F)F)n1)NC(=O)NC1CCCCC1. The van der Waals surface area contributed by atoms with Crippen LogP contribution in [-0.4, -0.2) is 40.3 Å². The van der Waals surface area contributed by atoms with E-state index in [9.17, 15) is 27.6 Å². The van der Waals surface area contributed by atoms with Crippen LogP contribution in [0.2, 0.25) is 0 Å². The van der Waals surface area contributed by atoms with Gasteiger partial charge >= 0.3 is 18.2 Å². The van der Waals surface area contributed by atoms with Gasteiger partial charge in [0.05, 0.1) is 0 Å². The average molecular weight is 376 g/mol. The van der Waals surface area contributed by atoms with Gasteiger partial charge in [-0.25, -0.2) is 4.79 Å². The molecule has 3 amide bonds. The predicted octanol–water partition coefficient (Wildman–Crippen LogP) is 1.60. The Bertz CT molecular complexity index is 654. The van der Waals surface area contributed by atoms with Crippen LogP contribution in [-0.2, 0) is 27.0 Å². The number of aromatic nitrogens is 2. The van der Waals surface area contributed by atoms with Crippen molar-refractivity contribution in [1.82, 2.24) is 20.4 Å². The molecule has 2 N–H and O–H groups in total. The minimum Gasteiger partial charge on any atom is -0.454 e. The number of esters is 1. The third-order valence-electron chi connectivity index (χ3n) is 3.78. The van der Waals surface area contributed by atoms with E-state index in [-0.39, 0.29) is 6.04 Å². The Morgan fingerprint density at radius 3 is 2.54 bits per heavy atom. The van der Waals surface area contributed by atoms with Crippen molar-refractivity contribution in [2.45, 2.75) is 50.9 Å². The molecule has 0 aromatic carbocycles. The maximum Gasteiger partial charge on any atom is 0.435 e. The zero-order chi connectivity index (χ0) is 19.2. The average Bonchev–Trinajstić information content (AvgIpc) is 3.02. The largest absolute Gasteiger partial charge is 0.454 e. The van der Waals surface area contributed by atoms with Crippen molar-refractivity contribution in [3.05, 3.63) is 18.0 Å².